The molecule has 3 aromatic carbocycles. The lowest BCUT2D eigenvalue weighted by atomic mass is 10.1. The van der Waals surface area contributed by atoms with Crippen LogP contribution in [-0.2, 0) is 16.2 Å². The molecule has 4 amide bonds. The number of nitrogens with zero attached hydrogens (tertiary/aromatic N) is 1. The molecule has 1 fully saturated rings. The molecule has 4 rings (SSSR count). The van der Waals surface area contributed by atoms with Crippen LogP contribution >= 0.6 is 34.2 Å². The van der Waals surface area contributed by atoms with Crippen LogP contribution in [0.25, 0.3) is 6.08 Å². The maximum Gasteiger partial charge on any atom is 0.335 e. The molecule has 0 spiro atoms. The van der Waals surface area contributed by atoms with Gasteiger partial charge in [0, 0.05) is 10.6 Å². The minimum Gasteiger partial charge on any atom is -0.494 e. The molecular weight excluding hydrogens is 611 g/mol. The Hall–Kier alpha value is -3.57. The van der Waals surface area contributed by atoms with Gasteiger partial charge in [0.15, 0.2) is 11.5 Å². The number of rotatable bonds is 8. The molecule has 0 saturated carbocycles. The monoisotopic (exact) mass is 632 g/mol. The van der Waals surface area contributed by atoms with Gasteiger partial charge in [-0.25, -0.2) is 9.69 Å². The molecular formula is C27H22ClIN2O6. The summed E-state index contributed by atoms with van der Waals surface area (Å²) in [6.07, 6.45) is 1.41. The summed E-state index contributed by atoms with van der Waals surface area (Å²) in [5, 5.41) is 2.81. The summed E-state index contributed by atoms with van der Waals surface area (Å²) in [4.78, 5) is 39.2. The molecule has 10 heteroatoms. The highest BCUT2D eigenvalue weighted by molar-refractivity contribution is 14.1. The van der Waals surface area contributed by atoms with Gasteiger partial charge in [0.25, 0.3) is 11.8 Å². The van der Waals surface area contributed by atoms with Crippen molar-refractivity contribution in [1.29, 1.82) is 0 Å². The number of anilines is 1. The second-order valence-corrected chi connectivity index (χ2v) is 9.37. The van der Waals surface area contributed by atoms with E-state index in [1.54, 1.807) is 42.5 Å². The molecule has 190 valence electrons. The molecule has 1 aliphatic heterocycles. The van der Waals surface area contributed by atoms with Gasteiger partial charge in [-0.15, -0.1) is 0 Å². The zero-order valence-electron chi connectivity index (χ0n) is 19.9. The number of halogens is 2. The summed E-state index contributed by atoms with van der Waals surface area (Å²) in [7, 11) is 1.50. The Balaban J connectivity index is 1.62. The third-order valence-corrected chi connectivity index (χ3v) is 6.57. The lowest BCUT2D eigenvalue weighted by Gasteiger charge is -2.26. The fraction of sp³-hybridized carbons (Fsp3) is 0.148. The first kappa shape index (κ1) is 26.5. The predicted molar refractivity (Wildman–Crippen MR) is 148 cm³/mol. The van der Waals surface area contributed by atoms with E-state index in [0.29, 0.717) is 43.7 Å². The summed E-state index contributed by atoms with van der Waals surface area (Å²) < 4.78 is 17.6. The Morgan fingerprint density at radius 2 is 1.76 bits per heavy atom. The highest BCUT2D eigenvalue weighted by atomic mass is 127. The largest absolute Gasteiger partial charge is 0.494 e. The number of nitrogens with one attached hydrogen (secondary N) is 1. The van der Waals surface area contributed by atoms with E-state index in [9.17, 15) is 14.4 Å². The number of amides is 4. The molecule has 0 aliphatic carbocycles. The molecule has 0 aromatic heterocycles. The van der Waals surface area contributed by atoms with E-state index < -0.39 is 17.8 Å². The van der Waals surface area contributed by atoms with Crippen LogP contribution in [0.15, 0.2) is 66.2 Å². The maximum absolute atomic E-state index is 13.2. The summed E-state index contributed by atoms with van der Waals surface area (Å²) in [5.74, 6) is -0.0256. The van der Waals surface area contributed by atoms with Crippen LogP contribution < -0.4 is 24.4 Å². The Kier molecular flexibility index (Phi) is 8.34. The highest BCUT2D eigenvalue weighted by Gasteiger charge is 2.37. The minimum atomic E-state index is -0.827. The third kappa shape index (κ3) is 5.89. The second kappa shape index (κ2) is 11.7. The van der Waals surface area contributed by atoms with Crippen molar-refractivity contribution in [3.63, 3.8) is 0 Å². The van der Waals surface area contributed by atoms with Crippen LogP contribution in [0.2, 0.25) is 5.02 Å². The Morgan fingerprint density at radius 3 is 2.43 bits per heavy atom. The van der Waals surface area contributed by atoms with Crippen LogP contribution in [0.4, 0.5) is 10.5 Å². The maximum atomic E-state index is 13.2. The molecule has 8 nitrogen and oxygen atoms in total. The third-order valence-electron chi connectivity index (χ3n) is 5.40. The number of ether oxygens (including phenoxy) is 3. The van der Waals surface area contributed by atoms with E-state index in [2.05, 4.69) is 27.9 Å². The lowest BCUT2D eigenvalue weighted by Crippen LogP contribution is -2.54. The quantitative estimate of drug-likeness (QED) is 0.198. The summed E-state index contributed by atoms with van der Waals surface area (Å²) in [5.41, 5.74) is 1.44. The first-order valence-corrected chi connectivity index (χ1v) is 12.7. The van der Waals surface area contributed by atoms with Crippen LogP contribution in [-0.4, -0.2) is 31.6 Å². The number of carbonyl (C=O) groups excluding carboxylic acids is 3. The van der Waals surface area contributed by atoms with Gasteiger partial charge in [-0.05, 0) is 83.6 Å². The average Bonchev–Trinajstić information content (AvgIpc) is 2.87. The summed E-state index contributed by atoms with van der Waals surface area (Å²) >= 11 is 8.32. The molecule has 37 heavy (non-hydrogen) atoms. The molecule has 1 heterocycles. The predicted octanol–water partition coefficient (Wildman–Crippen LogP) is 5.60. The van der Waals surface area contributed by atoms with Crippen LogP contribution in [0.3, 0.4) is 0 Å². The SMILES string of the molecule is CCOc1ccc(N2C(=O)NC(=O)/C(=C/c3cc(I)c(OCc4ccccc4Cl)c(OC)c3)C2=O)cc1. The topological polar surface area (TPSA) is 94.2 Å². The van der Waals surface area contributed by atoms with Crippen molar-refractivity contribution < 1.29 is 28.6 Å². The van der Waals surface area contributed by atoms with Crippen molar-refractivity contribution >= 4 is 63.8 Å². The Labute approximate surface area is 232 Å². The van der Waals surface area contributed by atoms with Gasteiger partial charge in [-0.3, -0.25) is 14.9 Å². The van der Waals surface area contributed by atoms with E-state index in [4.69, 9.17) is 25.8 Å². The molecule has 1 aliphatic rings. The van der Waals surface area contributed by atoms with Crippen molar-refractivity contribution in [2.24, 2.45) is 0 Å². The van der Waals surface area contributed by atoms with Gasteiger partial charge >= 0.3 is 6.03 Å². The molecule has 0 unspecified atom stereocenters. The Bertz CT molecular complexity index is 1390. The zero-order valence-corrected chi connectivity index (χ0v) is 22.8. The van der Waals surface area contributed by atoms with Crippen molar-refractivity contribution in [1.82, 2.24) is 5.32 Å². The minimum absolute atomic E-state index is 0.198. The number of carbonyl (C=O) groups is 3. The molecule has 3 aromatic rings. The van der Waals surface area contributed by atoms with Crippen LogP contribution in [0.1, 0.15) is 18.1 Å². The van der Waals surface area contributed by atoms with Gasteiger partial charge < -0.3 is 14.2 Å². The fourth-order valence-electron chi connectivity index (χ4n) is 3.65. The van der Waals surface area contributed by atoms with E-state index in [0.717, 1.165) is 10.5 Å². The van der Waals surface area contributed by atoms with Gasteiger partial charge in [0.05, 0.1) is 23.0 Å². The van der Waals surface area contributed by atoms with E-state index in [-0.39, 0.29) is 12.2 Å². The zero-order chi connectivity index (χ0) is 26.5. The summed E-state index contributed by atoms with van der Waals surface area (Å²) in [6, 6.07) is 16.4. The standard InChI is InChI=1S/C27H22ClIN2O6/c1-3-36-19-10-8-18(9-11-19)31-26(33)20(25(32)30-27(31)34)12-16-13-22(29)24(23(14-16)35-2)37-15-17-6-4-5-7-21(17)28/h4-14H,3,15H2,1-2H3,(H,30,32,34)/b20-12-. The van der Waals surface area contributed by atoms with Crippen LogP contribution in [0.5, 0.6) is 17.2 Å². The van der Waals surface area contributed by atoms with Crippen molar-refractivity contribution in [3.8, 4) is 17.2 Å². The molecule has 0 bridgehead atoms. The smallest absolute Gasteiger partial charge is 0.335 e. The van der Waals surface area contributed by atoms with E-state index in [1.807, 2.05) is 25.1 Å². The number of hydrogen-bond acceptors (Lipinski definition) is 6. The number of methoxy groups -OCH3 is 1. The van der Waals surface area contributed by atoms with Crippen LogP contribution in [0, 0.1) is 3.57 Å². The Morgan fingerprint density at radius 1 is 1.03 bits per heavy atom. The van der Waals surface area contributed by atoms with Gasteiger partial charge in [-0.1, -0.05) is 29.8 Å². The highest BCUT2D eigenvalue weighted by Crippen LogP contribution is 2.36. The fourth-order valence-corrected chi connectivity index (χ4v) is 4.62. The van der Waals surface area contributed by atoms with Crippen molar-refractivity contribution in [2.45, 2.75) is 13.5 Å². The molecule has 1 N–H and O–H groups in total. The number of benzene rings is 3. The first-order chi connectivity index (χ1) is 17.8. The van der Waals surface area contributed by atoms with E-state index >= 15 is 0 Å². The first-order valence-electron chi connectivity index (χ1n) is 11.2. The number of hydrogen-bond donors (Lipinski definition) is 1. The lowest BCUT2D eigenvalue weighted by molar-refractivity contribution is -0.122. The van der Waals surface area contributed by atoms with Crippen molar-refractivity contribution in [2.75, 3.05) is 18.6 Å². The molecule has 0 atom stereocenters. The molecule has 1 saturated heterocycles. The summed E-state index contributed by atoms with van der Waals surface area (Å²) in [6.45, 7) is 2.56. The second-order valence-electron chi connectivity index (χ2n) is 7.80. The van der Waals surface area contributed by atoms with Crippen molar-refractivity contribution in [3.05, 3.63) is 86.0 Å². The van der Waals surface area contributed by atoms with Gasteiger partial charge in [-0.2, -0.15) is 0 Å². The van der Waals surface area contributed by atoms with Gasteiger partial charge in [0.1, 0.15) is 17.9 Å². The normalized spacial score (nSPS) is 14.5. The number of imide groups is 2. The average molecular weight is 633 g/mol. The number of barbiturate groups is 1. The van der Waals surface area contributed by atoms with E-state index in [1.165, 1.54) is 13.2 Å². The molecule has 0 radical (unpaired) electrons. The number of urea groups is 1. The van der Waals surface area contributed by atoms with Gasteiger partial charge in [0.2, 0.25) is 0 Å².